The fraction of sp³-hybridized carbons (Fsp3) is 0.545. The first-order valence-electron chi connectivity index (χ1n) is 5.14. The average molecular weight is 275 g/mol. The van der Waals surface area contributed by atoms with Crippen LogP contribution in [0.4, 0.5) is 0 Å². The first-order chi connectivity index (χ1) is 7.87. The monoisotopic (exact) mass is 274 g/mol. The van der Waals surface area contributed by atoms with E-state index in [1.54, 1.807) is 12.1 Å². The fourth-order valence-electron chi connectivity index (χ4n) is 1.03. The summed E-state index contributed by atoms with van der Waals surface area (Å²) in [7, 11) is 0. The summed E-state index contributed by atoms with van der Waals surface area (Å²) in [6.45, 7) is 5.54. The Morgan fingerprint density at radius 3 is 2.65 bits per heavy atom. The Kier molecular flexibility index (Phi) is 5.21. The number of rotatable bonds is 4. The molecule has 0 spiro atoms. The van der Waals surface area contributed by atoms with E-state index in [-0.39, 0.29) is 5.97 Å². The van der Waals surface area contributed by atoms with Crippen LogP contribution in [0, 0.1) is 0 Å². The van der Waals surface area contributed by atoms with Crippen LogP contribution >= 0.6 is 23.4 Å². The Bertz CT molecular complexity index is 376. The average Bonchev–Trinajstić information content (AvgIpc) is 2.18. The summed E-state index contributed by atoms with van der Waals surface area (Å²) in [4.78, 5) is 11.4. The van der Waals surface area contributed by atoms with Crippen molar-refractivity contribution in [1.82, 2.24) is 10.2 Å². The lowest BCUT2D eigenvalue weighted by Crippen LogP contribution is -2.24. The zero-order chi connectivity index (χ0) is 12.9. The van der Waals surface area contributed by atoms with Crippen molar-refractivity contribution in [3.05, 3.63) is 23.0 Å². The van der Waals surface area contributed by atoms with E-state index >= 15 is 0 Å². The highest BCUT2D eigenvalue weighted by Gasteiger charge is 2.15. The fourth-order valence-corrected chi connectivity index (χ4v) is 1.82. The van der Waals surface area contributed by atoms with Gasteiger partial charge < -0.3 is 4.74 Å². The summed E-state index contributed by atoms with van der Waals surface area (Å²) in [5.41, 5.74) is 0.362. The highest BCUT2D eigenvalue weighted by atomic mass is 35.5. The molecule has 0 amide bonds. The number of carbonyl (C=O) groups excluding carboxylic acids is 1. The number of ether oxygens (including phenoxy) is 1. The van der Waals surface area contributed by atoms with Crippen LogP contribution in [0.3, 0.4) is 0 Å². The Morgan fingerprint density at radius 1 is 1.41 bits per heavy atom. The Morgan fingerprint density at radius 2 is 2.12 bits per heavy atom. The van der Waals surface area contributed by atoms with E-state index in [4.69, 9.17) is 16.3 Å². The molecule has 1 heterocycles. The highest BCUT2D eigenvalue weighted by Crippen LogP contribution is 2.13. The molecule has 1 rings (SSSR count). The van der Waals surface area contributed by atoms with Gasteiger partial charge in [-0.2, -0.15) is 5.10 Å². The molecule has 0 N–H and O–H groups in total. The molecule has 1 aromatic rings. The lowest BCUT2D eigenvalue weighted by molar-refractivity contribution is -0.151. The topological polar surface area (TPSA) is 52.1 Å². The third kappa shape index (κ3) is 6.48. The van der Waals surface area contributed by atoms with Gasteiger partial charge in [0.15, 0.2) is 5.15 Å². The van der Waals surface area contributed by atoms with E-state index < -0.39 is 5.60 Å². The summed E-state index contributed by atoms with van der Waals surface area (Å²) >= 11 is 7.06. The maximum atomic E-state index is 11.4. The van der Waals surface area contributed by atoms with E-state index in [0.717, 1.165) is 5.69 Å². The number of nitrogens with zero attached hydrogens (tertiary/aromatic N) is 2. The summed E-state index contributed by atoms with van der Waals surface area (Å²) in [5.74, 6) is 0.703. The number of hydrogen-bond acceptors (Lipinski definition) is 5. The number of hydrogen-bond donors (Lipinski definition) is 0. The summed E-state index contributed by atoms with van der Waals surface area (Å²) < 4.78 is 5.18. The van der Waals surface area contributed by atoms with Crippen molar-refractivity contribution in [2.24, 2.45) is 0 Å². The molecule has 4 nitrogen and oxygen atoms in total. The third-order valence-electron chi connectivity index (χ3n) is 1.58. The SMILES string of the molecule is CC(C)(C)OC(=O)CSCc1ccc(Cl)nn1. The lowest BCUT2D eigenvalue weighted by Gasteiger charge is -2.19. The number of carbonyl (C=O) groups is 1. The molecule has 0 radical (unpaired) electrons. The molecule has 0 aromatic carbocycles. The largest absolute Gasteiger partial charge is 0.459 e. The van der Waals surface area contributed by atoms with Gasteiger partial charge in [-0.05, 0) is 32.9 Å². The van der Waals surface area contributed by atoms with Crippen molar-refractivity contribution < 1.29 is 9.53 Å². The molecule has 94 valence electrons. The molecule has 0 fully saturated rings. The molecular weight excluding hydrogens is 260 g/mol. The van der Waals surface area contributed by atoms with Crippen LogP contribution in [0.25, 0.3) is 0 Å². The Labute approximate surface area is 110 Å². The lowest BCUT2D eigenvalue weighted by atomic mass is 10.2. The molecule has 0 aliphatic carbocycles. The van der Waals surface area contributed by atoms with Gasteiger partial charge in [0, 0.05) is 5.75 Å². The third-order valence-corrected chi connectivity index (χ3v) is 2.72. The van der Waals surface area contributed by atoms with Crippen LogP contribution in [0.15, 0.2) is 12.1 Å². The second-order valence-electron chi connectivity index (χ2n) is 4.43. The van der Waals surface area contributed by atoms with Crippen LogP contribution in [0.2, 0.25) is 5.15 Å². The summed E-state index contributed by atoms with van der Waals surface area (Å²) in [6, 6.07) is 3.47. The van der Waals surface area contributed by atoms with E-state index in [1.165, 1.54) is 11.8 Å². The van der Waals surface area contributed by atoms with E-state index in [0.29, 0.717) is 16.7 Å². The van der Waals surface area contributed by atoms with Crippen LogP contribution in [-0.4, -0.2) is 27.5 Å². The van der Waals surface area contributed by atoms with Crippen molar-refractivity contribution in [3.63, 3.8) is 0 Å². The predicted octanol–water partition coefficient (Wildman–Crippen LogP) is 2.70. The zero-order valence-corrected chi connectivity index (χ0v) is 11.6. The minimum absolute atomic E-state index is 0.218. The minimum atomic E-state index is -0.433. The van der Waals surface area contributed by atoms with Crippen LogP contribution in [0.5, 0.6) is 0 Å². The molecule has 0 saturated carbocycles. The number of thioether (sulfide) groups is 1. The predicted molar refractivity (Wildman–Crippen MR) is 69.0 cm³/mol. The number of halogens is 1. The Hall–Kier alpha value is -0.810. The van der Waals surface area contributed by atoms with E-state index in [2.05, 4.69) is 10.2 Å². The second-order valence-corrected chi connectivity index (χ2v) is 5.80. The van der Waals surface area contributed by atoms with Gasteiger partial charge in [-0.15, -0.1) is 16.9 Å². The summed E-state index contributed by atoms with van der Waals surface area (Å²) in [6.07, 6.45) is 0. The van der Waals surface area contributed by atoms with Gasteiger partial charge in [0.05, 0.1) is 11.4 Å². The molecule has 1 aromatic heterocycles. The van der Waals surface area contributed by atoms with Crippen LogP contribution in [-0.2, 0) is 15.3 Å². The van der Waals surface area contributed by atoms with Gasteiger partial charge in [0.25, 0.3) is 0 Å². The van der Waals surface area contributed by atoms with Gasteiger partial charge in [-0.25, -0.2) is 0 Å². The van der Waals surface area contributed by atoms with Crippen molar-refractivity contribution in [3.8, 4) is 0 Å². The van der Waals surface area contributed by atoms with Crippen molar-refractivity contribution in [1.29, 1.82) is 0 Å². The molecular formula is C11H15ClN2O2S. The molecule has 0 saturated heterocycles. The van der Waals surface area contributed by atoms with Crippen molar-refractivity contribution in [2.45, 2.75) is 32.1 Å². The number of esters is 1. The molecule has 0 unspecified atom stereocenters. The van der Waals surface area contributed by atoms with E-state index in [1.807, 2.05) is 20.8 Å². The zero-order valence-electron chi connectivity index (χ0n) is 10.1. The second kappa shape index (κ2) is 6.21. The van der Waals surface area contributed by atoms with Crippen molar-refractivity contribution in [2.75, 3.05) is 5.75 Å². The van der Waals surface area contributed by atoms with Crippen molar-refractivity contribution >= 4 is 29.3 Å². The highest BCUT2D eigenvalue weighted by molar-refractivity contribution is 7.99. The maximum absolute atomic E-state index is 11.4. The summed E-state index contributed by atoms with van der Waals surface area (Å²) in [5, 5.41) is 7.98. The molecule has 0 atom stereocenters. The Balaban J connectivity index is 2.28. The van der Waals surface area contributed by atoms with E-state index in [9.17, 15) is 4.79 Å². The molecule has 0 aliphatic heterocycles. The molecule has 6 heteroatoms. The number of aromatic nitrogens is 2. The molecule has 17 heavy (non-hydrogen) atoms. The van der Waals surface area contributed by atoms with Gasteiger partial charge in [-0.3, -0.25) is 4.79 Å². The normalized spacial score (nSPS) is 11.3. The first kappa shape index (κ1) is 14.3. The van der Waals surface area contributed by atoms with Gasteiger partial charge in [0.1, 0.15) is 5.60 Å². The first-order valence-corrected chi connectivity index (χ1v) is 6.68. The smallest absolute Gasteiger partial charge is 0.316 e. The van der Waals surface area contributed by atoms with Crippen LogP contribution in [0.1, 0.15) is 26.5 Å². The molecule has 0 bridgehead atoms. The molecule has 0 aliphatic rings. The minimum Gasteiger partial charge on any atom is -0.459 e. The standard InChI is InChI=1S/C11H15ClN2O2S/c1-11(2,3)16-10(15)7-17-6-8-4-5-9(12)14-13-8/h4-5H,6-7H2,1-3H3. The van der Waals surface area contributed by atoms with Gasteiger partial charge >= 0.3 is 5.97 Å². The van der Waals surface area contributed by atoms with Gasteiger partial charge in [-0.1, -0.05) is 11.6 Å². The van der Waals surface area contributed by atoms with Gasteiger partial charge in [0.2, 0.25) is 0 Å². The van der Waals surface area contributed by atoms with Crippen LogP contribution < -0.4 is 0 Å². The maximum Gasteiger partial charge on any atom is 0.316 e. The quantitative estimate of drug-likeness (QED) is 0.790.